The molecule has 4 heteroatoms. The summed E-state index contributed by atoms with van der Waals surface area (Å²) in [6.45, 7) is 5.95. The average Bonchev–Trinajstić information content (AvgIpc) is 2.39. The van der Waals surface area contributed by atoms with Crippen LogP contribution in [0.15, 0.2) is 30.9 Å². The molecule has 0 saturated carbocycles. The molecule has 18 heavy (non-hydrogen) atoms. The summed E-state index contributed by atoms with van der Waals surface area (Å²) in [6.07, 6.45) is 2.64. The molecule has 0 fully saturated rings. The second-order valence-electron chi connectivity index (χ2n) is 3.78. The maximum atomic E-state index is 13.5. The van der Waals surface area contributed by atoms with Crippen molar-refractivity contribution >= 4 is 0 Å². The molecule has 0 heterocycles. The zero-order valence-corrected chi connectivity index (χ0v) is 10.3. The minimum atomic E-state index is -0.353. The number of halogens is 1. The Balaban J connectivity index is 2.23. The van der Waals surface area contributed by atoms with Crippen molar-refractivity contribution in [3.8, 4) is 6.07 Å². The van der Waals surface area contributed by atoms with E-state index in [2.05, 4.69) is 11.9 Å². The van der Waals surface area contributed by atoms with Crippen molar-refractivity contribution < 1.29 is 9.13 Å². The predicted molar refractivity (Wildman–Crippen MR) is 68.5 cm³/mol. The van der Waals surface area contributed by atoms with Crippen LogP contribution in [-0.4, -0.2) is 19.8 Å². The van der Waals surface area contributed by atoms with Crippen molar-refractivity contribution in [1.29, 1.82) is 5.26 Å². The number of benzene rings is 1. The van der Waals surface area contributed by atoms with Crippen LogP contribution in [0.4, 0.5) is 4.39 Å². The van der Waals surface area contributed by atoms with Gasteiger partial charge in [-0.25, -0.2) is 4.39 Å². The summed E-state index contributed by atoms with van der Waals surface area (Å²) in [6, 6.07) is 6.39. The molecular weight excluding hydrogens is 231 g/mol. The summed E-state index contributed by atoms with van der Waals surface area (Å²) in [5, 5.41) is 11.7. The largest absolute Gasteiger partial charge is 0.380 e. The van der Waals surface area contributed by atoms with E-state index in [0.29, 0.717) is 37.4 Å². The number of hydrogen-bond acceptors (Lipinski definition) is 3. The Kier molecular flexibility index (Phi) is 6.70. The first-order valence-electron chi connectivity index (χ1n) is 5.86. The van der Waals surface area contributed by atoms with Gasteiger partial charge < -0.3 is 10.1 Å². The molecular formula is C14H17FN2O. The van der Waals surface area contributed by atoms with Crippen molar-refractivity contribution in [2.24, 2.45) is 0 Å². The Hall–Kier alpha value is -1.70. The van der Waals surface area contributed by atoms with Crippen LogP contribution in [0.1, 0.15) is 17.5 Å². The fourth-order valence-corrected chi connectivity index (χ4v) is 1.40. The first-order chi connectivity index (χ1) is 8.77. The highest BCUT2D eigenvalue weighted by Gasteiger charge is 2.02. The Morgan fingerprint density at radius 3 is 2.94 bits per heavy atom. The first kappa shape index (κ1) is 14.4. The van der Waals surface area contributed by atoms with Gasteiger partial charge in [-0.2, -0.15) is 5.26 Å². The zero-order valence-electron chi connectivity index (χ0n) is 10.3. The van der Waals surface area contributed by atoms with Crippen LogP contribution >= 0.6 is 0 Å². The van der Waals surface area contributed by atoms with Gasteiger partial charge in [0.15, 0.2) is 0 Å². The van der Waals surface area contributed by atoms with Gasteiger partial charge in [0.1, 0.15) is 5.82 Å². The van der Waals surface area contributed by atoms with Gasteiger partial charge in [-0.05, 0) is 18.6 Å². The highest BCUT2D eigenvalue weighted by atomic mass is 19.1. The summed E-state index contributed by atoms with van der Waals surface area (Å²) >= 11 is 0. The second kappa shape index (κ2) is 8.40. The number of hydrogen-bond donors (Lipinski definition) is 1. The van der Waals surface area contributed by atoms with E-state index < -0.39 is 0 Å². The van der Waals surface area contributed by atoms with Gasteiger partial charge in [-0.1, -0.05) is 12.1 Å². The molecule has 3 nitrogen and oxygen atoms in total. The van der Waals surface area contributed by atoms with Crippen molar-refractivity contribution in [2.45, 2.75) is 13.0 Å². The highest BCUT2D eigenvalue weighted by molar-refractivity contribution is 5.32. The molecule has 0 bridgehead atoms. The minimum Gasteiger partial charge on any atom is -0.380 e. The van der Waals surface area contributed by atoms with Crippen molar-refractivity contribution in [3.05, 3.63) is 47.8 Å². The molecule has 0 radical (unpaired) electrons. The van der Waals surface area contributed by atoms with Crippen LogP contribution in [0.3, 0.4) is 0 Å². The van der Waals surface area contributed by atoms with Crippen LogP contribution in [0.2, 0.25) is 0 Å². The normalized spacial score (nSPS) is 10.0. The first-order valence-corrected chi connectivity index (χ1v) is 5.86. The topological polar surface area (TPSA) is 45.0 Å². The third-order valence-electron chi connectivity index (χ3n) is 2.39. The van der Waals surface area contributed by atoms with E-state index in [4.69, 9.17) is 10.00 Å². The highest BCUT2D eigenvalue weighted by Crippen LogP contribution is 2.09. The Morgan fingerprint density at radius 2 is 2.28 bits per heavy atom. The van der Waals surface area contributed by atoms with Gasteiger partial charge in [-0.3, -0.25) is 0 Å². The standard InChI is InChI=1S/C14H17FN2O/c1-2-3-7-18-8-6-17-11-13-5-4-12(10-16)9-14(13)15/h2,4-5,9,17H,1,3,6-8,11H2. The second-order valence-corrected chi connectivity index (χ2v) is 3.78. The Morgan fingerprint density at radius 1 is 1.44 bits per heavy atom. The minimum absolute atomic E-state index is 0.337. The SMILES string of the molecule is C=CCCOCCNCc1ccc(C#N)cc1F. The van der Waals surface area contributed by atoms with Crippen LogP contribution in [-0.2, 0) is 11.3 Å². The third kappa shape index (κ3) is 5.09. The van der Waals surface area contributed by atoms with E-state index in [1.54, 1.807) is 18.2 Å². The molecule has 0 spiro atoms. The fourth-order valence-electron chi connectivity index (χ4n) is 1.40. The molecule has 0 amide bonds. The number of nitrogens with one attached hydrogen (secondary N) is 1. The number of nitrogens with zero attached hydrogens (tertiary/aromatic N) is 1. The number of ether oxygens (including phenoxy) is 1. The summed E-state index contributed by atoms with van der Waals surface area (Å²) in [4.78, 5) is 0. The fraction of sp³-hybridized carbons (Fsp3) is 0.357. The summed E-state index contributed by atoms with van der Waals surface area (Å²) < 4.78 is 18.8. The summed E-state index contributed by atoms with van der Waals surface area (Å²) in [7, 11) is 0. The molecule has 0 aromatic heterocycles. The van der Waals surface area contributed by atoms with E-state index in [9.17, 15) is 4.39 Å². The van der Waals surface area contributed by atoms with E-state index >= 15 is 0 Å². The molecule has 0 aliphatic carbocycles. The molecule has 0 aliphatic heterocycles. The van der Waals surface area contributed by atoms with Gasteiger partial charge in [0, 0.05) is 18.7 Å². The Labute approximate surface area is 107 Å². The van der Waals surface area contributed by atoms with Gasteiger partial charge in [0.2, 0.25) is 0 Å². The lowest BCUT2D eigenvalue weighted by Crippen LogP contribution is -2.20. The molecule has 96 valence electrons. The van der Waals surface area contributed by atoms with Crippen LogP contribution in [0.5, 0.6) is 0 Å². The lowest BCUT2D eigenvalue weighted by molar-refractivity contribution is 0.140. The monoisotopic (exact) mass is 248 g/mol. The van der Waals surface area contributed by atoms with Crippen molar-refractivity contribution in [3.63, 3.8) is 0 Å². The lowest BCUT2D eigenvalue weighted by atomic mass is 10.1. The maximum Gasteiger partial charge on any atom is 0.129 e. The lowest BCUT2D eigenvalue weighted by Gasteiger charge is -2.06. The van der Waals surface area contributed by atoms with Crippen LogP contribution < -0.4 is 5.32 Å². The van der Waals surface area contributed by atoms with E-state index in [-0.39, 0.29) is 5.82 Å². The van der Waals surface area contributed by atoms with Gasteiger partial charge in [0.05, 0.1) is 24.8 Å². The molecule has 0 aliphatic rings. The molecule has 0 saturated heterocycles. The molecule has 0 unspecified atom stereocenters. The van der Waals surface area contributed by atoms with Gasteiger partial charge in [-0.15, -0.1) is 6.58 Å². The van der Waals surface area contributed by atoms with Gasteiger partial charge in [0.25, 0.3) is 0 Å². The molecule has 1 aromatic carbocycles. The van der Waals surface area contributed by atoms with Crippen LogP contribution in [0, 0.1) is 17.1 Å². The number of rotatable bonds is 8. The molecule has 1 aromatic rings. The van der Waals surface area contributed by atoms with E-state index in [0.717, 1.165) is 6.42 Å². The van der Waals surface area contributed by atoms with Crippen molar-refractivity contribution in [2.75, 3.05) is 19.8 Å². The van der Waals surface area contributed by atoms with E-state index in [1.807, 2.05) is 6.07 Å². The molecule has 1 N–H and O–H groups in total. The number of nitriles is 1. The van der Waals surface area contributed by atoms with Crippen molar-refractivity contribution in [1.82, 2.24) is 5.32 Å². The third-order valence-corrected chi connectivity index (χ3v) is 2.39. The van der Waals surface area contributed by atoms with Crippen LogP contribution in [0.25, 0.3) is 0 Å². The predicted octanol–water partition coefficient (Wildman–Crippen LogP) is 2.38. The van der Waals surface area contributed by atoms with Gasteiger partial charge >= 0.3 is 0 Å². The average molecular weight is 248 g/mol. The molecule has 1 rings (SSSR count). The maximum absolute atomic E-state index is 13.5. The van der Waals surface area contributed by atoms with E-state index in [1.165, 1.54) is 6.07 Å². The summed E-state index contributed by atoms with van der Waals surface area (Å²) in [5.41, 5.74) is 0.893. The Bertz CT molecular complexity index is 426. The zero-order chi connectivity index (χ0) is 13.2. The smallest absolute Gasteiger partial charge is 0.129 e. The summed E-state index contributed by atoms with van der Waals surface area (Å²) in [5.74, 6) is -0.353. The molecule has 0 atom stereocenters. The quantitative estimate of drug-likeness (QED) is 0.567.